The number of halogens is 6. The standard InChI is InChI=1S/C56H32F6N4O4/c57-55(58,59)49-51(63-33-17-1-9-25-41(33)67-42-26-10-2-18-34(42)63)50(56(60,61)62)53(65-37-21-5-13-29-45(37)69-46-30-14-6-22-38(46)65)54(66-39-23-7-15-31-47(39)70-48-32-16-8-24-40(48)66)52(49)64-35-19-3-11-27-43(35)68-44-28-12-4-20-36(44)64/h1-32H. The van der Waals surface area contributed by atoms with E-state index in [1.807, 2.05) is 0 Å². The van der Waals surface area contributed by atoms with Gasteiger partial charge in [0.15, 0.2) is 46.0 Å². The maximum atomic E-state index is 17.7. The van der Waals surface area contributed by atoms with Crippen LogP contribution in [0.2, 0.25) is 0 Å². The van der Waals surface area contributed by atoms with E-state index in [1.165, 1.54) is 39.0 Å². The summed E-state index contributed by atoms with van der Waals surface area (Å²) in [4.78, 5) is 5.23. The Labute approximate surface area is 395 Å². The van der Waals surface area contributed by atoms with Gasteiger partial charge >= 0.3 is 12.4 Å². The topological polar surface area (TPSA) is 49.9 Å². The van der Waals surface area contributed by atoms with Crippen LogP contribution < -0.4 is 38.5 Å². The van der Waals surface area contributed by atoms with E-state index in [0.29, 0.717) is 0 Å². The van der Waals surface area contributed by atoms with Gasteiger partial charge in [0, 0.05) is 0 Å². The Balaban J connectivity index is 1.34. The fourth-order valence-electron chi connectivity index (χ4n) is 9.89. The van der Waals surface area contributed by atoms with Crippen LogP contribution in [0.3, 0.4) is 0 Å². The Morgan fingerprint density at radius 2 is 0.400 bits per heavy atom. The average molecular weight is 939 g/mol. The zero-order valence-electron chi connectivity index (χ0n) is 36.2. The van der Waals surface area contributed by atoms with Crippen LogP contribution in [0.25, 0.3) is 0 Å². The summed E-state index contributed by atoms with van der Waals surface area (Å²) >= 11 is 0. The highest BCUT2D eigenvalue weighted by atomic mass is 19.4. The van der Waals surface area contributed by atoms with E-state index in [0.717, 1.165) is 4.90 Å². The van der Waals surface area contributed by atoms with E-state index in [4.69, 9.17) is 18.9 Å². The minimum atomic E-state index is -5.55. The molecule has 0 aromatic heterocycles. The van der Waals surface area contributed by atoms with Gasteiger partial charge < -0.3 is 33.6 Å². The van der Waals surface area contributed by atoms with Crippen molar-refractivity contribution in [3.8, 4) is 46.0 Å². The third kappa shape index (κ3) is 6.18. The van der Waals surface area contributed by atoms with Gasteiger partial charge in [-0.25, -0.2) is 0 Å². The van der Waals surface area contributed by atoms with Crippen molar-refractivity contribution in [1.82, 2.24) is 0 Å². The molecule has 0 bridgehead atoms. The highest BCUT2D eigenvalue weighted by Crippen LogP contribution is 2.70. The first-order valence-corrected chi connectivity index (χ1v) is 22.1. The quantitative estimate of drug-likeness (QED) is 0.162. The Morgan fingerprint density at radius 3 is 0.600 bits per heavy atom. The Morgan fingerprint density at radius 1 is 0.229 bits per heavy atom. The number of fused-ring (bicyclic) bond motifs is 8. The smallest absolute Gasteiger partial charge is 0.420 e. The molecule has 0 spiro atoms. The van der Waals surface area contributed by atoms with Crippen LogP contribution in [0.5, 0.6) is 46.0 Å². The number of nitrogens with zero attached hydrogens (tertiary/aromatic N) is 4. The number of hydrogen-bond acceptors (Lipinski definition) is 8. The molecule has 9 aromatic rings. The van der Waals surface area contributed by atoms with Gasteiger partial charge in [-0.3, -0.25) is 4.90 Å². The summed E-state index contributed by atoms with van der Waals surface area (Å²) in [5, 5.41) is 0. The fourth-order valence-corrected chi connectivity index (χ4v) is 9.89. The number of rotatable bonds is 4. The predicted octanol–water partition coefficient (Wildman–Crippen LogP) is 18.0. The monoisotopic (exact) mass is 938 g/mol. The van der Waals surface area contributed by atoms with Crippen molar-refractivity contribution in [2.45, 2.75) is 12.4 Å². The summed E-state index contributed by atoms with van der Waals surface area (Å²) in [6.07, 6.45) is -11.1. The molecule has 0 N–H and O–H groups in total. The van der Waals surface area contributed by atoms with Crippen molar-refractivity contribution in [1.29, 1.82) is 0 Å². The van der Waals surface area contributed by atoms with Gasteiger partial charge in [0.05, 0.1) is 68.2 Å². The largest absolute Gasteiger partial charge is 0.453 e. The zero-order chi connectivity index (χ0) is 47.5. The van der Waals surface area contributed by atoms with E-state index < -0.39 is 46.2 Å². The lowest BCUT2D eigenvalue weighted by molar-refractivity contribution is -0.141. The molecule has 14 heteroatoms. The van der Waals surface area contributed by atoms with Crippen LogP contribution in [-0.2, 0) is 12.4 Å². The van der Waals surface area contributed by atoms with Crippen molar-refractivity contribution >= 4 is 68.2 Å². The van der Waals surface area contributed by atoms with Crippen molar-refractivity contribution in [3.05, 3.63) is 205 Å². The molecule has 9 aromatic carbocycles. The molecule has 4 heterocycles. The molecule has 4 aliphatic rings. The summed E-state index contributed by atoms with van der Waals surface area (Å²) in [5.74, 6) is 1.09. The van der Waals surface area contributed by atoms with E-state index in [2.05, 4.69) is 0 Å². The van der Waals surface area contributed by atoms with Gasteiger partial charge in [0.1, 0.15) is 11.1 Å². The zero-order valence-corrected chi connectivity index (χ0v) is 36.2. The molecular weight excluding hydrogens is 907 g/mol. The van der Waals surface area contributed by atoms with Gasteiger partial charge in [0.2, 0.25) is 0 Å². The lowest BCUT2D eigenvalue weighted by atomic mass is 9.91. The Bertz CT molecular complexity index is 3300. The first kappa shape index (κ1) is 41.2. The number of ether oxygens (including phenoxy) is 4. The molecule has 0 saturated carbocycles. The second-order valence-electron chi connectivity index (χ2n) is 16.6. The van der Waals surface area contributed by atoms with Crippen LogP contribution in [0.15, 0.2) is 194 Å². The normalized spacial score (nSPS) is 13.9. The Kier molecular flexibility index (Phi) is 8.96. The highest BCUT2D eigenvalue weighted by molar-refractivity contribution is 6.11. The van der Waals surface area contributed by atoms with E-state index >= 15 is 26.3 Å². The average Bonchev–Trinajstić information content (AvgIpc) is 3.37. The van der Waals surface area contributed by atoms with Crippen molar-refractivity contribution in [2.75, 3.05) is 19.6 Å². The first-order chi connectivity index (χ1) is 34.0. The van der Waals surface area contributed by atoms with Crippen molar-refractivity contribution in [3.63, 3.8) is 0 Å². The lowest BCUT2D eigenvalue weighted by Gasteiger charge is -2.45. The van der Waals surface area contributed by atoms with Crippen molar-refractivity contribution in [2.24, 2.45) is 0 Å². The molecule has 8 nitrogen and oxygen atoms in total. The minimum absolute atomic E-state index is 0.0368. The molecule has 70 heavy (non-hydrogen) atoms. The van der Waals surface area contributed by atoms with Crippen LogP contribution >= 0.6 is 0 Å². The summed E-state index contributed by atoms with van der Waals surface area (Å²) in [7, 11) is 0. The summed E-state index contributed by atoms with van der Waals surface area (Å²) in [6, 6.07) is 51.5. The van der Waals surface area contributed by atoms with Crippen LogP contribution in [0.4, 0.5) is 94.6 Å². The lowest BCUT2D eigenvalue weighted by Crippen LogP contribution is -2.32. The molecule has 13 rings (SSSR count). The summed E-state index contributed by atoms with van der Waals surface area (Å²) in [6.45, 7) is 0. The van der Waals surface area contributed by atoms with Gasteiger partial charge in [-0.15, -0.1) is 0 Å². The molecule has 0 aliphatic carbocycles. The molecule has 0 fully saturated rings. The molecule has 342 valence electrons. The highest BCUT2D eigenvalue weighted by Gasteiger charge is 2.54. The van der Waals surface area contributed by atoms with Gasteiger partial charge in [-0.2, -0.15) is 26.3 Å². The molecule has 0 saturated heterocycles. The first-order valence-electron chi connectivity index (χ1n) is 22.1. The molecule has 0 radical (unpaired) electrons. The van der Waals surface area contributed by atoms with E-state index in [9.17, 15) is 0 Å². The second kappa shape index (κ2) is 15.2. The van der Waals surface area contributed by atoms with Gasteiger partial charge in [0.25, 0.3) is 0 Å². The minimum Gasteiger partial charge on any atom is -0.453 e. The molecule has 0 amide bonds. The number of anilines is 12. The number of benzene rings is 9. The maximum absolute atomic E-state index is 17.7. The Hall–Kier alpha value is -9.04. The van der Waals surface area contributed by atoms with Crippen LogP contribution in [0.1, 0.15) is 11.1 Å². The van der Waals surface area contributed by atoms with E-state index in [1.54, 1.807) is 170 Å². The van der Waals surface area contributed by atoms with Gasteiger partial charge in [-0.05, 0) is 97.1 Å². The third-order valence-electron chi connectivity index (χ3n) is 12.6. The molecule has 4 aliphatic heterocycles. The maximum Gasteiger partial charge on any atom is 0.420 e. The third-order valence-corrected chi connectivity index (χ3v) is 12.6. The van der Waals surface area contributed by atoms with E-state index in [-0.39, 0.29) is 91.5 Å². The summed E-state index contributed by atoms with van der Waals surface area (Å²) < 4.78 is 132. The van der Waals surface area contributed by atoms with Crippen LogP contribution in [0, 0.1) is 0 Å². The fraction of sp³-hybridized carbons (Fsp3) is 0.0357. The van der Waals surface area contributed by atoms with Crippen molar-refractivity contribution < 1.29 is 45.3 Å². The number of para-hydroxylation sites is 16. The molecular formula is C56H32F6N4O4. The van der Waals surface area contributed by atoms with Gasteiger partial charge in [-0.1, -0.05) is 97.1 Å². The predicted molar refractivity (Wildman–Crippen MR) is 255 cm³/mol. The molecule has 0 atom stereocenters. The molecule has 0 unspecified atom stereocenters. The second-order valence-corrected chi connectivity index (χ2v) is 16.6. The number of alkyl halides is 6. The van der Waals surface area contributed by atoms with Crippen LogP contribution in [-0.4, -0.2) is 0 Å². The summed E-state index contributed by atoms with van der Waals surface area (Å²) in [5.41, 5.74) is -5.45. The SMILES string of the molecule is FC(F)(F)c1c(N2c3ccccc3Oc3ccccc32)c(N2c3ccccc3Oc3ccccc32)c(N2c3ccccc3Oc3ccccc32)c(C(F)(F)F)c1N1c2ccccc2Oc2ccccc21. The number of hydrogen-bond donors (Lipinski definition) is 0.